The van der Waals surface area contributed by atoms with Crippen molar-refractivity contribution in [3.05, 3.63) is 29.8 Å². The van der Waals surface area contributed by atoms with E-state index in [-0.39, 0.29) is 0 Å². The highest BCUT2D eigenvalue weighted by atomic mass is 32.2. The Hall–Kier alpha value is -1.00. The third-order valence-corrected chi connectivity index (χ3v) is 3.91. The Kier molecular flexibility index (Phi) is 6.08. The molecular formula is C13H19NO2S. The summed E-state index contributed by atoms with van der Waals surface area (Å²) in [6.45, 7) is 5.82. The fraction of sp³-hybridized carbons (Fsp3) is 0.462. The van der Waals surface area contributed by atoms with Gasteiger partial charge in [0.25, 0.3) is 0 Å². The standard InChI is InChI=1S/C13H19NO2S/c1-3-9-14(10-4-2)17(16)13-7-5-12(11-15)6-8-13/h5-8,11H,3-4,9-10H2,1-2H3. The Morgan fingerprint density at radius 2 is 1.65 bits per heavy atom. The van der Waals surface area contributed by atoms with Gasteiger partial charge in [-0.3, -0.25) is 4.79 Å². The molecule has 1 atom stereocenters. The van der Waals surface area contributed by atoms with E-state index >= 15 is 0 Å². The molecule has 0 bridgehead atoms. The lowest BCUT2D eigenvalue weighted by Gasteiger charge is -2.19. The molecule has 1 rings (SSSR count). The molecule has 0 saturated carbocycles. The van der Waals surface area contributed by atoms with Crippen molar-refractivity contribution in [3.8, 4) is 0 Å². The van der Waals surface area contributed by atoms with Crippen molar-refractivity contribution >= 4 is 17.3 Å². The van der Waals surface area contributed by atoms with Gasteiger partial charge in [0.15, 0.2) is 0 Å². The second kappa shape index (κ2) is 7.35. The first kappa shape index (κ1) is 14.1. The molecule has 0 N–H and O–H groups in total. The van der Waals surface area contributed by atoms with Crippen LogP contribution in [0.25, 0.3) is 0 Å². The molecule has 1 unspecified atom stereocenters. The maximum absolute atomic E-state index is 12.3. The highest BCUT2D eigenvalue weighted by Crippen LogP contribution is 2.12. The average molecular weight is 253 g/mol. The topological polar surface area (TPSA) is 37.4 Å². The van der Waals surface area contributed by atoms with Crippen LogP contribution in [0.2, 0.25) is 0 Å². The second-order valence-electron chi connectivity index (χ2n) is 3.87. The van der Waals surface area contributed by atoms with Crippen LogP contribution < -0.4 is 0 Å². The number of hydrogen-bond donors (Lipinski definition) is 0. The zero-order valence-electron chi connectivity index (χ0n) is 10.4. The zero-order valence-corrected chi connectivity index (χ0v) is 11.2. The van der Waals surface area contributed by atoms with E-state index in [4.69, 9.17) is 0 Å². The fourth-order valence-corrected chi connectivity index (χ4v) is 2.95. The summed E-state index contributed by atoms with van der Waals surface area (Å²) in [5.74, 6) is 0. The van der Waals surface area contributed by atoms with Crippen LogP contribution in [0.1, 0.15) is 37.0 Å². The van der Waals surface area contributed by atoms with Crippen LogP contribution in [-0.2, 0) is 11.0 Å². The van der Waals surface area contributed by atoms with Gasteiger partial charge in [0.1, 0.15) is 17.3 Å². The normalized spacial score (nSPS) is 12.6. The summed E-state index contributed by atoms with van der Waals surface area (Å²) < 4.78 is 14.2. The molecule has 0 amide bonds. The lowest BCUT2D eigenvalue weighted by molar-refractivity contribution is 0.112. The average Bonchev–Trinajstić information content (AvgIpc) is 2.38. The van der Waals surface area contributed by atoms with Crippen molar-refractivity contribution in [1.82, 2.24) is 4.31 Å². The minimum Gasteiger partial charge on any atom is -0.298 e. The molecule has 4 heteroatoms. The van der Waals surface area contributed by atoms with Gasteiger partial charge in [0.2, 0.25) is 0 Å². The predicted octanol–water partition coefficient (Wildman–Crippen LogP) is 2.64. The highest BCUT2D eigenvalue weighted by Gasteiger charge is 2.13. The smallest absolute Gasteiger partial charge is 0.150 e. The summed E-state index contributed by atoms with van der Waals surface area (Å²) in [5.41, 5.74) is 0.614. The fourth-order valence-electron chi connectivity index (χ4n) is 1.59. The summed E-state index contributed by atoms with van der Waals surface area (Å²) >= 11 is 0. The minimum absolute atomic E-state index is 0.614. The number of aldehydes is 1. The largest absolute Gasteiger partial charge is 0.298 e. The molecule has 0 fully saturated rings. The van der Waals surface area contributed by atoms with Gasteiger partial charge in [0, 0.05) is 18.7 Å². The molecule has 0 saturated heterocycles. The molecule has 94 valence electrons. The van der Waals surface area contributed by atoms with Crippen molar-refractivity contribution in [3.63, 3.8) is 0 Å². The first-order valence-electron chi connectivity index (χ1n) is 5.95. The monoisotopic (exact) mass is 253 g/mol. The SMILES string of the molecule is CCCN(CCC)S(=O)c1ccc(C=O)cc1. The summed E-state index contributed by atoms with van der Waals surface area (Å²) in [6.07, 6.45) is 2.76. The quantitative estimate of drug-likeness (QED) is 0.701. The summed E-state index contributed by atoms with van der Waals surface area (Å²) in [5, 5.41) is 0. The highest BCUT2D eigenvalue weighted by molar-refractivity contribution is 7.82. The Balaban J connectivity index is 2.80. The molecule has 1 aromatic carbocycles. The molecule has 0 spiro atoms. The van der Waals surface area contributed by atoms with E-state index < -0.39 is 11.0 Å². The number of nitrogens with zero attached hydrogens (tertiary/aromatic N) is 1. The molecule has 0 heterocycles. The second-order valence-corrected chi connectivity index (χ2v) is 5.35. The molecule has 0 aliphatic carbocycles. The van der Waals surface area contributed by atoms with E-state index in [9.17, 15) is 9.00 Å². The zero-order chi connectivity index (χ0) is 12.7. The van der Waals surface area contributed by atoms with E-state index in [1.807, 2.05) is 4.31 Å². The van der Waals surface area contributed by atoms with E-state index in [1.54, 1.807) is 24.3 Å². The van der Waals surface area contributed by atoms with Gasteiger partial charge in [-0.15, -0.1) is 0 Å². The molecule has 0 radical (unpaired) electrons. The first-order chi connectivity index (χ1) is 8.22. The Labute approximate surface area is 105 Å². The Morgan fingerprint density at radius 1 is 1.12 bits per heavy atom. The third kappa shape index (κ3) is 4.06. The Bertz CT molecular complexity index is 370. The number of rotatable bonds is 7. The lowest BCUT2D eigenvalue weighted by Crippen LogP contribution is -2.27. The molecule has 17 heavy (non-hydrogen) atoms. The maximum atomic E-state index is 12.3. The lowest BCUT2D eigenvalue weighted by atomic mass is 10.2. The molecule has 0 aromatic heterocycles. The van der Waals surface area contributed by atoms with Crippen molar-refractivity contribution in [2.45, 2.75) is 31.6 Å². The molecule has 0 aliphatic heterocycles. The maximum Gasteiger partial charge on any atom is 0.150 e. The van der Waals surface area contributed by atoms with Crippen LogP contribution in [0.3, 0.4) is 0 Å². The van der Waals surface area contributed by atoms with Gasteiger partial charge in [-0.2, -0.15) is 0 Å². The van der Waals surface area contributed by atoms with E-state index in [1.165, 1.54) is 0 Å². The van der Waals surface area contributed by atoms with Crippen molar-refractivity contribution in [2.24, 2.45) is 0 Å². The van der Waals surface area contributed by atoms with Crippen LogP contribution >= 0.6 is 0 Å². The van der Waals surface area contributed by atoms with Crippen LogP contribution in [0.4, 0.5) is 0 Å². The predicted molar refractivity (Wildman–Crippen MR) is 70.4 cm³/mol. The van der Waals surface area contributed by atoms with Gasteiger partial charge in [0.05, 0.1) is 4.90 Å². The van der Waals surface area contributed by atoms with E-state index in [0.29, 0.717) is 5.56 Å². The van der Waals surface area contributed by atoms with Crippen LogP contribution in [-0.4, -0.2) is 27.9 Å². The van der Waals surface area contributed by atoms with E-state index in [0.717, 1.165) is 37.1 Å². The van der Waals surface area contributed by atoms with Crippen LogP contribution in [0.15, 0.2) is 29.2 Å². The molecular weight excluding hydrogens is 234 g/mol. The van der Waals surface area contributed by atoms with Gasteiger partial charge < -0.3 is 0 Å². The van der Waals surface area contributed by atoms with Crippen LogP contribution in [0, 0.1) is 0 Å². The van der Waals surface area contributed by atoms with Gasteiger partial charge in [-0.05, 0) is 25.0 Å². The summed E-state index contributed by atoms with van der Waals surface area (Å²) in [7, 11) is -1.11. The van der Waals surface area contributed by atoms with E-state index in [2.05, 4.69) is 13.8 Å². The summed E-state index contributed by atoms with van der Waals surface area (Å²) in [6, 6.07) is 6.93. The number of carbonyl (C=O) groups excluding carboxylic acids is 1. The summed E-state index contributed by atoms with van der Waals surface area (Å²) in [4.78, 5) is 11.3. The van der Waals surface area contributed by atoms with Gasteiger partial charge >= 0.3 is 0 Å². The van der Waals surface area contributed by atoms with Crippen LogP contribution in [0.5, 0.6) is 0 Å². The number of benzene rings is 1. The van der Waals surface area contributed by atoms with Crippen molar-refractivity contribution < 1.29 is 9.00 Å². The van der Waals surface area contributed by atoms with Gasteiger partial charge in [-0.1, -0.05) is 26.0 Å². The van der Waals surface area contributed by atoms with Gasteiger partial charge in [-0.25, -0.2) is 8.51 Å². The molecule has 1 aromatic rings. The number of hydrogen-bond acceptors (Lipinski definition) is 2. The first-order valence-corrected chi connectivity index (χ1v) is 7.05. The van der Waals surface area contributed by atoms with Crippen molar-refractivity contribution in [2.75, 3.05) is 13.1 Å². The molecule has 3 nitrogen and oxygen atoms in total. The molecule has 0 aliphatic rings. The minimum atomic E-state index is -1.11. The third-order valence-electron chi connectivity index (χ3n) is 2.40. The number of carbonyl (C=O) groups is 1. The van der Waals surface area contributed by atoms with Crippen molar-refractivity contribution in [1.29, 1.82) is 0 Å². The Morgan fingerprint density at radius 3 is 2.06 bits per heavy atom.